The molecule has 0 aromatic heterocycles. The second-order valence-electron chi connectivity index (χ2n) is 6.42. The molecule has 0 bridgehead atoms. The van der Waals surface area contributed by atoms with E-state index < -0.39 is 0 Å². The summed E-state index contributed by atoms with van der Waals surface area (Å²) < 4.78 is 5.90. The normalized spacial score (nSPS) is 20.9. The van der Waals surface area contributed by atoms with E-state index in [4.69, 9.17) is 4.74 Å². The fraction of sp³-hybridized carbons (Fsp3) is 0.667. The second-order valence-corrected chi connectivity index (χ2v) is 6.42. The van der Waals surface area contributed by atoms with E-state index in [9.17, 15) is 0 Å². The smallest absolute Gasteiger partial charge is 0.0702 e. The first-order valence-electron chi connectivity index (χ1n) is 8.27. The highest BCUT2D eigenvalue weighted by Crippen LogP contribution is 2.21. The number of rotatable bonds is 7. The van der Waals surface area contributed by atoms with Crippen LogP contribution in [0, 0.1) is 0 Å². The first-order chi connectivity index (χ1) is 10.2. The first-order valence-corrected chi connectivity index (χ1v) is 8.27. The van der Waals surface area contributed by atoms with Gasteiger partial charge in [0.2, 0.25) is 0 Å². The molecule has 21 heavy (non-hydrogen) atoms. The molecule has 0 amide bonds. The van der Waals surface area contributed by atoms with Crippen LogP contribution in [0.4, 0.5) is 0 Å². The maximum absolute atomic E-state index is 5.90. The van der Waals surface area contributed by atoms with Crippen molar-refractivity contribution in [2.24, 2.45) is 0 Å². The predicted octanol–water partition coefficient (Wildman–Crippen LogP) is 3.23. The molecule has 1 aromatic carbocycles. The third-order valence-corrected chi connectivity index (χ3v) is 4.20. The van der Waals surface area contributed by atoms with Crippen LogP contribution in [0.2, 0.25) is 0 Å². The van der Waals surface area contributed by atoms with E-state index in [1.54, 1.807) is 0 Å². The first kappa shape index (κ1) is 16.5. The van der Waals surface area contributed by atoms with Crippen LogP contribution >= 0.6 is 0 Å². The Morgan fingerprint density at radius 1 is 1.24 bits per heavy atom. The zero-order valence-electron chi connectivity index (χ0n) is 13.7. The molecule has 0 saturated carbocycles. The van der Waals surface area contributed by atoms with Gasteiger partial charge in [0.1, 0.15) is 0 Å². The number of nitrogens with zero attached hydrogens (tertiary/aromatic N) is 1. The highest BCUT2D eigenvalue weighted by molar-refractivity contribution is 5.19. The van der Waals surface area contributed by atoms with Gasteiger partial charge < -0.3 is 10.1 Å². The summed E-state index contributed by atoms with van der Waals surface area (Å²) >= 11 is 0. The van der Waals surface area contributed by atoms with Crippen LogP contribution in [0.1, 0.15) is 44.7 Å². The van der Waals surface area contributed by atoms with Gasteiger partial charge in [-0.1, -0.05) is 44.2 Å². The minimum absolute atomic E-state index is 0.397. The van der Waals surface area contributed by atoms with Crippen LogP contribution in [-0.4, -0.2) is 43.8 Å². The topological polar surface area (TPSA) is 24.5 Å². The molecule has 2 atom stereocenters. The maximum Gasteiger partial charge on any atom is 0.0702 e. The maximum atomic E-state index is 5.90. The number of nitrogens with one attached hydrogen (secondary N) is 1. The number of hydrogen-bond acceptors (Lipinski definition) is 3. The molecule has 2 unspecified atom stereocenters. The number of likely N-dealkylation sites (N-methyl/N-ethyl adjacent to an activating group) is 1. The van der Waals surface area contributed by atoms with Crippen LogP contribution in [0.3, 0.4) is 0 Å². The van der Waals surface area contributed by atoms with Gasteiger partial charge in [-0.2, -0.15) is 0 Å². The summed E-state index contributed by atoms with van der Waals surface area (Å²) in [5, 5.41) is 3.58. The molecular formula is C18H30N2O. The molecule has 1 N–H and O–H groups in total. The summed E-state index contributed by atoms with van der Waals surface area (Å²) in [4.78, 5) is 2.45. The van der Waals surface area contributed by atoms with Crippen LogP contribution in [0.25, 0.3) is 0 Å². The lowest BCUT2D eigenvalue weighted by Gasteiger charge is -2.33. The van der Waals surface area contributed by atoms with Crippen LogP contribution < -0.4 is 5.32 Å². The lowest BCUT2D eigenvalue weighted by molar-refractivity contribution is -0.00843. The largest absolute Gasteiger partial charge is 0.377 e. The van der Waals surface area contributed by atoms with Crippen LogP contribution in [-0.2, 0) is 4.74 Å². The fourth-order valence-electron chi connectivity index (χ4n) is 2.95. The second kappa shape index (κ2) is 8.52. The van der Waals surface area contributed by atoms with Gasteiger partial charge in [0, 0.05) is 31.8 Å². The standard InChI is InChI=1S/C18H30N2O/c1-15(2)19-13-18(16-9-5-4-6-10-16)20(3)14-17-11-7-8-12-21-17/h4-6,9-10,15,17-19H,7-8,11-14H2,1-3H3. The van der Waals surface area contributed by atoms with Crippen molar-refractivity contribution in [3.63, 3.8) is 0 Å². The molecule has 1 heterocycles. The van der Waals surface area contributed by atoms with Gasteiger partial charge in [0.05, 0.1) is 6.10 Å². The highest BCUT2D eigenvalue weighted by atomic mass is 16.5. The minimum atomic E-state index is 0.397. The molecule has 1 fully saturated rings. The zero-order chi connectivity index (χ0) is 15.1. The molecule has 2 rings (SSSR count). The molecule has 1 aromatic rings. The summed E-state index contributed by atoms with van der Waals surface area (Å²) in [7, 11) is 2.22. The molecule has 1 aliphatic rings. The molecule has 1 saturated heterocycles. The Kier molecular flexibility index (Phi) is 6.68. The number of ether oxygens (including phenoxy) is 1. The van der Waals surface area contributed by atoms with Crippen molar-refractivity contribution in [3.8, 4) is 0 Å². The molecule has 0 spiro atoms. The fourth-order valence-corrected chi connectivity index (χ4v) is 2.95. The SMILES string of the molecule is CC(C)NCC(c1ccccc1)N(C)CC1CCCCO1. The molecule has 0 aliphatic carbocycles. The van der Waals surface area contributed by atoms with Crippen molar-refractivity contribution in [1.82, 2.24) is 10.2 Å². The van der Waals surface area contributed by atoms with Gasteiger partial charge in [-0.05, 0) is 31.9 Å². The van der Waals surface area contributed by atoms with Gasteiger partial charge in [0.25, 0.3) is 0 Å². The number of benzene rings is 1. The predicted molar refractivity (Wildman–Crippen MR) is 88.5 cm³/mol. The minimum Gasteiger partial charge on any atom is -0.377 e. The van der Waals surface area contributed by atoms with E-state index in [1.807, 2.05) is 0 Å². The average Bonchev–Trinajstić information content (AvgIpc) is 2.49. The summed E-state index contributed by atoms with van der Waals surface area (Å²) in [5.74, 6) is 0. The molecule has 3 heteroatoms. The summed E-state index contributed by atoms with van der Waals surface area (Å²) in [6, 6.07) is 11.7. The lowest BCUT2D eigenvalue weighted by atomic mass is 10.0. The van der Waals surface area contributed by atoms with Gasteiger partial charge in [-0.15, -0.1) is 0 Å². The van der Waals surface area contributed by atoms with E-state index in [0.717, 1.165) is 19.7 Å². The van der Waals surface area contributed by atoms with E-state index in [0.29, 0.717) is 18.2 Å². The summed E-state index contributed by atoms with van der Waals surface area (Å²) in [6.45, 7) is 7.32. The van der Waals surface area contributed by atoms with Gasteiger partial charge >= 0.3 is 0 Å². The average molecular weight is 290 g/mol. The Morgan fingerprint density at radius 3 is 2.62 bits per heavy atom. The van der Waals surface area contributed by atoms with Crippen molar-refractivity contribution in [3.05, 3.63) is 35.9 Å². The highest BCUT2D eigenvalue weighted by Gasteiger charge is 2.22. The lowest BCUT2D eigenvalue weighted by Crippen LogP contribution is -2.40. The Hall–Kier alpha value is -0.900. The third kappa shape index (κ3) is 5.42. The van der Waals surface area contributed by atoms with Gasteiger partial charge in [0.15, 0.2) is 0 Å². The van der Waals surface area contributed by atoms with Crippen LogP contribution in [0.15, 0.2) is 30.3 Å². The van der Waals surface area contributed by atoms with Crippen molar-refractivity contribution in [2.45, 2.75) is 51.3 Å². The van der Waals surface area contributed by atoms with Crippen LogP contribution in [0.5, 0.6) is 0 Å². The zero-order valence-corrected chi connectivity index (χ0v) is 13.7. The number of hydrogen-bond donors (Lipinski definition) is 1. The molecule has 3 nitrogen and oxygen atoms in total. The van der Waals surface area contributed by atoms with Crippen molar-refractivity contribution in [2.75, 3.05) is 26.7 Å². The van der Waals surface area contributed by atoms with Crippen molar-refractivity contribution < 1.29 is 4.74 Å². The summed E-state index contributed by atoms with van der Waals surface area (Å²) in [5.41, 5.74) is 1.38. The van der Waals surface area contributed by atoms with Gasteiger partial charge in [-0.3, -0.25) is 4.90 Å². The Bertz CT molecular complexity index is 387. The van der Waals surface area contributed by atoms with E-state index >= 15 is 0 Å². The summed E-state index contributed by atoms with van der Waals surface area (Å²) in [6.07, 6.45) is 4.12. The van der Waals surface area contributed by atoms with E-state index in [-0.39, 0.29) is 0 Å². The monoisotopic (exact) mass is 290 g/mol. The molecule has 1 aliphatic heterocycles. The molecule has 0 radical (unpaired) electrons. The molecule has 118 valence electrons. The van der Waals surface area contributed by atoms with Crippen molar-refractivity contribution in [1.29, 1.82) is 0 Å². The van der Waals surface area contributed by atoms with E-state index in [1.165, 1.54) is 24.8 Å². The molecular weight excluding hydrogens is 260 g/mol. The third-order valence-electron chi connectivity index (χ3n) is 4.20. The Morgan fingerprint density at radius 2 is 2.00 bits per heavy atom. The Balaban J connectivity index is 1.99. The van der Waals surface area contributed by atoms with Crippen molar-refractivity contribution >= 4 is 0 Å². The Labute approximate surface area is 129 Å². The van der Waals surface area contributed by atoms with Gasteiger partial charge in [-0.25, -0.2) is 0 Å². The van der Waals surface area contributed by atoms with E-state index in [2.05, 4.69) is 61.4 Å². The quantitative estimate of drug-likeness (QED) is 0.834.